The second kappa shape index (κ2) is 2.90. The van der Waals surface area contributed by atoms with Gasteiger partial charge in [-0.1, -0.05) is 0 Å². The molecule has 4 atom stereocenters. The third-order valence-corrected chi connectivity index (χ3v) is 2.29. The van der Waals surface area contributed by atoms with Crippen LogP contribution >= 0.6 is 0 Å². The molecule has 0 amide bonds. The number of hydrogen-bond donors (Lipinski definition) is 2. The second-order valence-electron chi connectivity index (χ2n) is 3.82. The lowest BCUT2D eigenvalue weighted by atomic mass is 10.1. The van der Waals surface area contributed by atoms with E-state index in [4.69, 9.17) is 19.3 Å². The lowest BCUT2D eigenvalue weighted by Gasteiger charge is -2.21. The van der Waals surface area contributed by atoms with E-state index in [1.807, 2.05) is 0 Å². The average Bonchev–Trinajstić information content (AvgIpc) is 2.47. The molecule has 0 saturated carbocycles. The molecule has 0 aliphatic carbocycles. The lowest BCUT2D eigenvalue weighted by Crippen LogP contribution is -2.36. The Balaban J connectivity index is 2.07. The zero-order valence-corrected chi connectivity index (χ0v) is 7.64. The number of rotatable bonds is 1. The van der Waals surface area contributed by atoms with Crippen molar-refractivity contribution in [2.24, 2.45) is 0 Å². The smallest absolute Gasteiger partial charge is 0.190 e. The van der Waals surface area contributed by atoms with Crippen LogP contribution in [0.5, 0.6) is 0 Å². The number of hydrogen-bond acceptors (Lipinski definition) is 5. The molecule has 2 heterocycles. The standard InChI is InChI=1S/C8H14O5/c1-8(2)12-6-5(10)4(3-9)11-7(6)13-8/h4-7,9-10H,3H2,1-2H3/t4-,5+,6?,7+/m0/s1. The molecule has 0 aromatic heterocycles. The van der Waals surface area contributed by atoms with Crippen LogP contribution in [0.2, 0.25) is 0 Å². The van der Waals surface area contributed by atoms with Gasteiger partial charge in [0.25, 0.3) is 0 Å². The zero-order valence-electron chi connectivity index (χ0n) is 7.64. The first-order valence-electron chi connectivity index (χ1n) is 4.33. The molecule has 2 fully saturated rings. The highest BCUT2D eigenvalue weighted by Crippen LogP contribution is 2.36. The van der Waals surface area contributed by atoms with Crippen molar-refractivity contribution in [2.75, 3.05) is 6.61 Å². The summed E-state index contributed by atoms with van der Waals surface area (Å²) in [6.07, 6.45) is -2.43. The third kappa shape index (κ3) is 1.47. The average molecular weight is 190 g/mol. The summed E-state index contributed by atoms with van der Waals surface area (Å²) in [6, 6.07) is 0. The van der Waals surface area contributed by atoms with Crippen LogP contribution in [0.25, 0.3) is 0 Å². The van der Waals surface area contributed by atoms with Gasteiger partial charge in [-0.15, -0.1) is 0 Å². The minimum Gasteiger partial charge on any atom is -0.394 e. The lowest BCUT2D eigenvalue weighted by molar-refractivity contribution is -0.218. The highest BCUT2D eigenvalue weighted by Gasteiger charge is 2.53. The van der Waals surface area contributed by atoms with Gasteiger partial charge in [-0.3, -0.25) is 0 Å². The Hall–Kier alpha value is -0.200. The molecule has 0 radical (unpaired) electrons. The van der Waals surface area contributed by atoms with Gasteiger partial charge in [0.1, 0.15) is 18.3 Å². The molecule has 5 nitrogen and oxygen atoms in total. The quantitative estimate of drug-likeness (QED) is 0.567. The predicted molar refractivity (Wildman–Crippen MR) is 41.8 cm³/mol. The van der Waals surface area contributed by atoms with Gasteiger partial charge in [0.2, 0.25) is 0 Å². The fourth-order valence-electron chi connectivity index (χ4n) is 1.71. The van der Waals surface area contributed by atoms with Gasteiger partial charge in [0.05, 0.1) is 6.61 Å². The molecule has 0 bridgehead atoms. The van der Waals surface area contributed by atoms with Gasteiger partial charge in [0, 0.05) is 0 Å². The Morgan fingerprint density at radius 1 is 1.31 bits per heavy atom. The van der Waals surface area contributed by atoms with E-state index in [1.54, 1.807) is 13.8 Å². The summed E-state index contributed by atoms with van der Waals surface area (Å²) in [5, 5.41) is 18.4. The summed E-state index contributed by atoms with van der Waals surface area (Å²) in [7, 11) is 0. The monoisotopic (exact) mass is 190 g/mol. The Kier molecular flexibility index (Phi) is 2.08. The molecule has 0 aromatic carbocycles. The van der Waals surface area contributed by atoms with Crippen molar-refractivity contribution in [3.63, 3.8) is 0 Å². The molecule has 0 spiro atoms. The van der Waals surface area contributed by atoms with E-state index < -0.39 is 30.4 Å². The molecule has 13 heavy (non-hydrogen) atoms. The minimum absolute atomic E-state index is 0.221. The van der Waals surface area contributed by atoms with E-state index in [1.165, 1.54) is 0 Å². The van der Waals surface area contributed by atoms with E-state index in [2.05, 4.69) is 0 Å². The van der Waals surface area contributed by atoms with Crippen molar-refractivity contribution in [3.8, 4) is 0 Å². The fourth-order valence-corrected chi connectivity index (χ4v) is 1.71. The molecule has 2 saturated heterocycles. The SMILES string of the molecule is CC1(C)OC2[C@H](O[C@@H](CO)[C@H]2O)O1. The summed E-state index contributed by atoms with van der Waals surface area (Å²) < 4.78 is 16.0. The molecule has 2 aliphatic rings. The molecule has 5 heteroatoms. The Bertz CT molecular complexity index is 205. The van der Waals surface area contributed by atoms with Crippen LogP contribution in [-0.2, 0) is 14.2 Å². The first-order chi connectivity index (χ1) is 6.03. The van der Waals surface area contributed by atoms with Crippen molar-refractivity contribution in [2.45, 2.75) is 44.2 Å². The van der Waals surface area contributed by atoms with Crippen molar-refractivity contribution >= 4 is 0 Å². The molecule has 2 aliphatic heterocycles. The molecule has 2 rings (SSSR count). The second-order valence-corrected chi connectivity index (χ2v) is 3.82. The first-order valence-corrected chi connectivity index (χ1v) is 4.33. The summed E-state index contributed by atoms with van der Waals surface area (Å²) in [6.45, 7) is 3.30. The normalized spacial score (nSPS) is 48.0. The van der Waals surface area contributed by atoms with Crippen molar-refractivity contribution < 1.29 is 24.4 Å². The van der Waals surface area contributed by atoms with E-state index >= 15 is 0 Å². The maximum atomic E-state index is 9.60. The minimum atomic E-state index is -0.809. The van der Waals surface area contributed by atoms with E-state index in [0.717, 1.165) is 0 Å². The summed E-state index contributed by atoms with van der Waals surface area (Å²) in [5.41, 5.74) is 0. The number of fused-ring (bicyclic) bond motifs is 1. The van der Waals surface area contributed by atoms with Gasteiger partial charge >= 0.3 is 0 Å². The van der Waals surface area contributed by atoms with Gasteiger partial charge in [-0.05, 0) is 13.8 Å². The van der Waals surface area contributed by atoms with E-state index in [0.29, 0.717) is 0 Å². The summed E-state index contributed by atoms with van der Waals surface area (Å²) in [4.78, 5) is 0. The van der Waals surface area contributed by atoms with E-state index in [9.17, 15) is 5.11 Å². The van der Waals surface area contributed by atoms with Crippen LogP contribution in [-0.4, -0.2) is 47.2 Å². The maximum absolute atomic E-state index is 9.60. The first kappa shape index (κ1) is 9.36. The summed E-state index contributed by atoms with van der Waals surface area (Å²) >= 11 is 0. The van der Waals surface area contributed by atoms with Crippen LogP contribution in [0.15, 0.2) is 0 Å². The van der Waals surface area contributed by atoms with Crippen LogP contribution < -0.4 is 0 Å². The predicted octanol–water partition coefficient (Wildman–Crippen LogP) is -0.784. The van der Waals surface area contributed by atoms with Gasteiger partial charge in [-0.2, -0.15) is 0 Å². The van der Waals surface area contributed by atoms with Crippen molar-refractivity contribution in [3.05, 3.63) is 0 Å². The topological polar surface area (TPSA) is 68.2 Å². The number of aliphatic hydroxyl groups excluding tert-OH is 2. The molecule has 76 valence electrons. The highest BCUT2D eigenvalue weighted by molar-refractivity contribution is 4.92. The van der Waals surface area contributed by atoms with Crippen LogP contribution in [0, 0.1) is 0 Å². The Labute approximate surface area is 76.2 Å². The van der Waals surface area contributed by atoms with E-state index in [-0.39, 0.29) is 6.61 Å². The number of ether oxygens (including phenoxy) is 3. The number of aliphatic hydroxyl groups is 2. The third-order valence-electron chi connectivity index (χ3n) is 2.29. The Morgan fingerprint density at radius 2 is 2.00 bits per heavy atom. The Morgan fingerprint density at radius 3 is 2.54 bits per heavy atom. The molecule has 1 unspecified atom stereocenters. The van der Waals surface area contributed by atoms with Crippen molar-refractivity contribution in [1.29, 1.82) is 0 Å². The van der Waals surface area contributed by atoms with Crippen molar-refractivity contribution in [1.82, 2.24) is 0 Å². The van der Waals surface area contributed by atoms with Crippen LogP contribution in [0.4, 0.5) is 0 Å². The van der Waals surface area contributed by atoms with Gasteiger partial charge in [-0.25, -0.2) is 0 Å². The highest BCUT2D eigenvalue weighted by atomic mass is 16.8. The van der Waals surface area contributed by atoms with Crippen LogP contribution in [0.3, 0.4) is 0 Å². The maximum Gasteiger partial charge on any atom is 0.190 e. The van der Waals surface area contributed by atoms with Crippen LogP contribution in [0.1, 0.15) is 13.8 Å². The molecule has 2 N–H and O–H groups in total. The molecular formula is C8H14O5. The largest absolute Gasteiger partial charge is 0.394 e. The zero-order chi connectivity index (χ0) is 9.64. The van der Waals surface area contributed by atoms with Gasteiger partial charge < -0.3 is 24.4 Å². The molecular weight excluding hydrogens is 176 g/mol. The molecule has 0 aromatic rings. The summed E-state index contributed by atoms with van der Waals surface area (Å²) in [5.74, 6) is -0.712. The van der Waals surface area contributed by atoms with Gasteiger partial charge in [0.15, 0.2) is 12.1 Å². The fraction of sp³-hybridized carbons (Fsp3) is 1.00.